The van der Waals surface area contributed by atoms with Gasteiger partial charge in [-0.15, -0.1) is 0 Å². The highest BCUT2D eigenvalue weighted by Gasteiger charge is 2.33. The third kappa shape index (κ3) is 3.23. The van der Waals surface area contributed by atoms with Crippen LogP contribution in [0.2, 0.25) is 0 Å². The van der Waals surface area contributed by atoms with Crippen molar-refractivity contribution in [1.82, 2.24) is 15.2 Å². The normalized spacial score (nSPS) is 18.5. The second kappa shape index (κ2) is 5.85. The number of nitrogens with one attached hydrogen (secondary N) is 2. The Morgan fingerprint density at radius 3 is 2.80 bits per heavy atom. The van der Waals surface area contributed by atoms with Crippen molar-refractivity contribution < 1.29 is 14.0 Å². The van der Waals surface area contributed by atoms with Crippen LogP contribution in [0.1, 0.15) is 20.3 Å². The molecule has 1 aliphatic rings. The van der Waals surface area contributed by atoms with Crippen LogP contribution in [-0.4, -0.2) is 40.5 Å². The molecule has 7 heteroatoms. The largest absolute Gasteiger partial charge is 0.338 e. The molecule has 1 aromatic heterocycles. The Morgan fingerprint density at radius 2 is 2.25 bits per heavy atom. The Hall–Kier alpha value is -2.18. The van der Waals surface area contributed by atoms with Crippen molar-refractivity contribution >= 4 is 17.8 Å². The van der Waals surface area contributed by atoms with E-state index in [1.165, 1.54) is 12.1 Å². The summed E-state index contributed by atoms with van der Waals surface area (Å²) in [7, 11) is 0. The van der Waals surface area contributed by atoms with E-state index in [9.17, 15) is 14.0 Å². The average Bonchev–Trinajstić information content (AvgIpc) is 2.74. The highest BCUT2D eigenvalue weighted by molar-refractivity contribution is 5.93. The highest BCUT2D eigenvalue weighted by Crippen LogP contribution is 2.14. The van der Waals surface area contributed by atoms with Crippen molar-refractivity contribution in [2.45, 2.75) is 32.4 Å². The van der Waals surface area contributed by atoms with Gasteiger partial charge < -0.3 is 10.2 Å². The summed E-state index contributed by atoms with van der Waals surface area (Å²) in [4.78, 5) is 29.2. The van der Waals surface area contributed by atoms with E-state index in [4.69, 9.17) is 0 Å². The molecule has 1 fully saturated rings. The minimum atomic E-state index is -0.520. The van der Waals surface area contributed by atoms with E-state index < -0.39 is 17.9 Å². The average molecular weight is 280 g/mol. The molecule has 20 heavy (non-hydrogen) atoms. The quantitative estimate of drug-likeness (QED) is 0.877. The number of carbonyl (C=O) groups is 2. The summed E-state index contributed by atoms with van der Waals surface area (Å²) in [6.45, 7) is 4.50. The summed E-state index contributed by atoms with van der Waals surface area (Å²) in [5.74, 6) is -0.327. The maximum Gasteiger partial charge on any atom is 0.321 e. The van der Waals surface area contributed by atoms with Crippen molar-refractivity contribution in [3.8, 4) is 0 Å². The first kappa shape index (κ1) is 14.2. The van der Waals surface area contributed by atoms with Gasteiger partial charge in [-0.3, -0.25) is 10.1 Å². The minimum Gasteiger partial charge on any atom is -0.338 e. The molecule has 108 valence electrons. The number of amides is 3. The Balaban J connectivity index is 1.89. The van der Waals surface area contributed by atoms with Gasteiger partial charge in [-0.2, -0.15) is 0 Å². The van der Waals surface area contributed by atoms with Crippen molar-refractivity contribution in [3.63, 3.8) is 0 Å². The van der Waals surface area contributed by atoms with E-state index in [0.29, 0.717) is 13.0 Å². The SMILES string of the molecule is CC(C)N1CC[C@@H](NC(=O)Nc2ccc(F)cn2)C1=O. The third-order valence-electron chi connectivity index (χ3n) is 3.14. The lowest BCUT2D eigenvalue weighted by Crippen LogP contribution is -2.44. The fourth-order valence-corrected chi connectivity index (χ4v) is 2.11. The molecule has 1 aliphatic heterocycles. The summed E-state index contributed by atoms with van der Waals surface area (Å²) in [5.41, 5.74) is 0. The predicted molar refractivity (Wildman–Crippen MR) is 71.6 cm³/mol. The fraction of sp³-hybridized carbons (Fsp3) is 0.462. The van der Waals surface area contributed by atoms with Gasteiger partial charge in [-0.05, 0) is 32.4 Å². The number of carbonyl (C=O) groups excluding carboxylic acids is 2. The molecular weight excluding hydrogens is 263 g/mol. The Kier molecular flexibility index (Phi) is 4.16. The van der Waals surface area contributed by atoms with E-state index in [1.807, 2.05) is 13.8 Å². The minimum absolute atomic E-state index is 0.0813. The molecule has 2 heterocycles. The molecule has 1 aromatic rings. The van der Waals surface area contributed by atoms with Gasteiger partial charge in [0.2, 0.25) is 5.91 Å². The van der Waals surface area contributed by atoms with Gasteiger partial charge in [-0.25, -0.2) is 14.2 Å². The zero-order valence-electron chi connectivity index (χ0n) is 11.4. The van der Waals surface area contributed by atoms with E-state index in [1.54, 1.807) is 4.90 Å². The zero-order valence-corrected chi connectivity index (χ0v) is 11.4. The number of hydrogen-bond donors (Lipinski definition) is 2. The number of pyridine rings is 1. The molecular formula is C13H17FN4O2. The Morgan fingerprint density at radius 1 is 1.50 bits per heavy atom. The number of rotatable bonds is 3. The third-order valence-corrected chi connectivity index (χ3v) is 3.14. The molecule has 0 saturated carbocycles. The van der Waals surface area contributed by atoms with Crippen LogP contribution in [0.4, 0.5) is 15.0 Å². The summed E-state index contributed by atoms with van der Waals surface area (Å²) in [6.07, 6.45) is 1.60. The van der Waals surface area contributed by atoms with Crippen molar-refractivity contribution in [1.29, 1.82) is 0 Å². The van der Waals surface area contributed by atoms with Crippen LogP contribution in [0, 0.1) is 5.82 Å². The van der Waals surface area contributed by atoms with E-state index in [2.05, 4.69) is 15.6 Å². The van der Waals surface area contributed by atoms with Gasteiger partial charge in [-0.1, -0.05) is 0 Å². The Bertz CT molecular complexity index is 504. The van der Waals surface area contributed by atoms with Crippen LogP contribution in [0.25, 0.3) is 0 Å². The first-order valence-corrected chi connectivity index (χ1v) is 6.47. The smallest absolute Gasteiger partial charge is 0.321 e. The van der Waals surface area contributed by atoms with Gasteiger partial charge >= 0.3 is 6.03 Å². The van der Waals surface area contributed by atoms with Crippen LogP contribution in [0.5, 0.6) is 0 Å². The van der Waals surface area contributed by atoms with Crippen LogP contribution >= 0.6 is 0 Å². The standard InChI is InChI=1S/C13H17FN4O2/c1-8(2)18-6-5-10(12(18)19)16-13(20)17-11-4-3-9(14)7-15-11/h3-4,7-8,10H,5-6H2,1-2H3,(H2,15,16,17,20)/t10-/m1/s1. The topological polar surface area (TPSA) is 74.3 Å². The van der Waals surface area contributed by atoms with Gasteiger partial charge in [0.25, 0.3) is 0 Å². The van der Waals surface area contributed by atoms with E-state index >= 15 is 0 Å². The number of aromatic nitrogens is 1. The molecule has 0 aromatic carbocycles. The fourth-order valence-electron chi connectivity index (χ4n) is 2.11. The first-order chi connectivity index (χ1) is 9.47. The van der Waals surface area contributed by atoms with E-state index in [0.717, 1.165) is 6.20 Å². The second-order valence-corrected chi connectivity index (χ2v) is 4.93. The number of halogens is 1. The van der Waals surface area contributed by atoms with Gasteiger partial charge in [0.1, 0.15) is 17.7 Å². The molecule has 0 unspecified atom stereocenters. The molecule has 3 amide bonds. The van der Waals surface area contributed by atoms with Crippen LogP contribution in [0.3, 0.4) is 0 Å². The summed E-state index contributed by atoms with van der Waals surface area (Å²) in [6, 6.07) is 1.64. The number of urea groups is 1. The lowest BCUT2D eigenvalue weighted by atomic mass is 10.2. The summed E-state index contributed by atoms with van der Waals surface area (Å²) in [5, 5.41) is 5.06. The molecule has 2 N–H and O–H groups in total. The van der Waals surface area contributed by atoms with Crippen molar-refractivity contribution in [3.05, 3.63) is 24.1 Å². The monoisotopic (exact) mass is 280 g/mol. The summed E-state index contributed by atoms with van der Waals surface area (Å²) >= 11 is 0. The van der Waals surface area contributed by atoms with Crippen LogP contribution in [-0.2, 0) is 4.79 Å². The maximum atomic E-state index is 12.7. The number of likely N-dealkylation sites (tertiary alicyclic amines) is 1. The molecule has 0 spiro atoms. The van der Waals surface area contributed by atoms with Crippen LogP contribution < -0.4 is 10.6 Å². The molecule has 0 aliphatic carbocycles. The lowest BCUT2D eigenvalue weighted by molar-refractivity contribution is -0.130. The zero-order chi connectivity index (χ0) is 14.7. The van der Waals surface area contributed by atoms with Crippen LogP contribution in [0.15, 0.2) is 18.3 Å². The molecule has 6 nitrogen and oxygen atoms in total. The first-order valence-electron chi connectivity index (χ1n) is 6.47. The number of anilines is 1. The maximum absolute atomic E-state index is 12.7. The van der Waals surface area contributed by atoms with Gasteiger partial charge in [0.05, 0.1) is 6.20 Å². The van der Waals surface area contributed by atoms with Gasteiger partial charge in [0.15, 0.2) is 0 Å². The molecule has 1 saturated heterocycles. The van der Waals surface area contributed by atoms with Crippen molar-refractivity contribution in [2.75, 3.05) is 11.9 Å². The lowest BCUT2D eigenvalue weighted by Gasteiger charge is -2.21. The highest BCUT2D eigenvalue weighted by atomic mass is 19.1. The molecule has 2 rings (SSSR count). The number of nitrogens with zero attached hydrogens (tertiary/aromatic N) is 2. The van der Waals surface area contributed by atoms with Gasteiger partial charge in [0, 0.05) is 12.6 Å². The molecule has 0 radical (unpaired) electrons. The summed E-state index contributed by atoms with van der Waals surface area (Å²) < 4.78 is 12.7. The second-order valence-electron chi connectivity index (χ2n) is 4.93. The van der Waals surface area contributed by atoms with Crippen molar-refractivity contribution in [2.24, 2.45) is 0 Å². The van der Waals surface area contributed by atoms with E-state index in [-0.39, 0.29) is 17.8 Å². The Labute approximate surface area is 116 Å². The predicted octanol–water partition coefficient (Wildman–Crippen LogP) is 1.35. The molecule has 0 bridgehead atoms. The number of hydrogen-bond acceptors (Lipinski definition) is 3. The molecule has 1 atom stereocenters.